The highest BCUT2D eigenvalue weighted by Gasteiger charge is 2.44. The Bertz CT molecular complexity index is 1270. The Labute approximate surface area is 227 Å². The summed E-state index contributed by atoms with van der Waals surface area (Å²) in [7, 11) is 0. The number of hydrogen-bond donors (Lipinski definition) is 0. The average molecular weight is 566 g/mol. The molecule has 2 aliphatic heterocycles. The third-order valence-electron chi connectivity index (χ3n) is 6.88. The lowest BCUT2D eigenvalue weighted by atomic mass is 9.98. The Morgan fingerprint density at radius 3 is 2.35 bits per heavy atom. The van der Waals surface area contributed by atoms with E-state index in [1.54, 1.807) is 30.0 Å². The van der Waals surface area contributed by atoms with Crippen molar-refractivity contribution >= 4 is 40.9 Å². The molecule has 2 heterocycles. The van der Waals surface area contributed by atoms with Crippen LogP contribution in [0.1, 0.15) is 47.2 Å². The van der Waals surface area contributed by atoms with Crippen LogP contribution in [0, 0.1) is 0 Å². The summed E-state index contributed by atoms with van der Waals surface area (Å²) in [5, 5.41) is 1.28. The summed E-state index contributed by atoms with van der Waals surface area (Å²) in [5.74, 6) is 0.895. The maximum atomic E-state index is 13.4. The zero-order chi connectivity index (χ0) is 26.2. The van der Waals surface area contributed by atoms with Crippen molar-refractivity contribution in [2.24, 2.45) is 0 Å². The smallest absolute Gasteiger partial charge is 0.416 e. The summed E-state index contributed by atoms with van der Waals surface area (Å²) in [6, 6.07) is 18.0. The van der Waals surface area contributed by atoms with E-state index in [0.717, 1.165) is 35.4 Å². The highest BCUT2D eigenvalue weighted by atomic mass is 35.5. The molecule has 37 heavy (non-hydrogen) atoms. The maximum absolute atomic E-state index is 13.4. The second-order valence-corrected chi connectivity index (χ2v) is 11.3. The van der Waals surface area contributed by atoms with E-state index >= 15 is 0 Å². The number of piperidine rings is 1. The molecule has 194 valence electrons. The summed E-state index contributed by atoms with van der Waals surface area (Å²) in [6.07, 6.45) is -1.68. The van der Waals surface area contributed by atoms with Crippen LogP contribution in [0.4, 0.5) is 13.2 Å². The van der Waals surface area contributed by atoms with Crippen LogP contribution in [0.25, 0.3) is 0 Å². The molecule has 1 amide bonds. The summed E-state index contributed by atoms with van der Waals surface area (Å²) in [4.78, 5) is 16.2. The van der Waals surface area contributed by atoms with Crippen molar-refractivity contribution in [2.75, 3.05) is 0 Å². The molecule has 0 saturated carbocycles. The van der Waals surface area contributed by atoms with Crippen LogP contribution >= 0.6 is 35.0 Å². The molecule has 3 aromatic rings. The number of carbonyl (C=O) groups is 1. The van der Waals surface area contributed by atoms with Crippen molar-refractivity contribution in [1.29, 1.82) is 0 Å². The lowest BCUT2D eigenvalue weighted by Crippen LogP contribution is -2.49. The average Bonchev–Trinajstić information content (AvgIpc) is 3.14. The van der Waals surface area contributed by atoms with Gasteiger partial charge in [0.25, 0.3) is 5.91 Å². The molecule has 0 radical (unpaired) electrons. The number of benzene rings is 3. The van der Waals surface area contributed by atoms with Crippen LogP contribution in [-0.2, 0) is 11.9 Å². The predicted molar refractivity (Wildman–Crippen MR) is 141 cm³/mol. The van der Waals surface area contributed by atoms with Gasteiger partial charge in [-0.25, -0.2) is 0 Å². The van der Waals surface area contributed by atoms with Gasteiger partial charge < -0.3 is 9.64 Å². The number of fused-ring (bicyclic) bond motifs is 2. The normalized spacial score (nSPS) is 21.2. The molecule has 3 nitrogen and oxygen atoms in total. The Morgan fingerprint density at radius 1 is 0.973 bits per heavy atom. The number of hydrogen-bond acceptors (Lipinski definition) is 3. The Balaban J connectivity index is 1.20. The molecule has 0 N–H and O–H groups in total. The minimum absolute atomic E-state index is 0.0119. The molecule has 2 atom stereocenters. The van der Waals surface area contributed by atoms with Gasteiger partial charge in [0, 0.05) is 46.2 Å². The SMILES string of the molecule is O=C(c1ccc(CSc2cc(Cl)ccc2Cl)cc1)N1C2CCC1CC(Oc1cccc(C(F)(F)F)c1)C2. The van der Waals surface area contributed by atoms with Gasteiger partial charge in [-0.2, -0.15) is 13.2 Å². The first kappa shape index (κ1) is 26.3. The maximum Gasteiger partial charge on any atom is 0.416 e. The fourth-order valence-electron chi connectivity index (χ4n) is 5.13. The van der Waals surface area contributed by atoms with Crippen molar-refractivity contribution in [2.45, 2.75) is 60.7 Å². The van der Waals surface area contributed by atoms with E-state index in [2.05, 4.69) is 0 Å². The highest BCUT2D eigenvalue weighted by molar-refractivity contribution is 7.98. The fraction of sp³-hybridized carbons (Fsp3) is 0.321. The molecule has 2 unspecified atom stereocenters. The number of nitrogens with zero attached hydrogens (tertiary/aromatic N) is 1. The van der Waals surface area contributed by atoms with Gasteiger partial charge in [0.2, 0.25) is 0 Å². The van der Waals surface area contributed by atoms with Gasteiger partial charge in [-0.3, -0.25) is 4.79 Å². The molecule has 5 rings (SSSR count). The van der Waals surface area contributed by atoms with Crippen molar-refractivity contribution < 1.29 is 22.7 Å². The van der Waals surface area contributed by atoms with E-state index in [1.807, 2.05) is 35.2 Å². The monoisotopic (exact) mass is 565 g/mol. The number of thioether (sulfide) groups is 1. The van der Waals surface area contributed by atoms with E-state index in [-0.39, 0.29) is 29.8 Å². The zero-order valence-electron chi connectivity index (χ0n) is 19.7. The molecule has 9 heteroatoms. The van der Waals surface area contributed by atoms with Crippen LogP contribution in [0.5, 0.6) is 5.75 Å². The molecule has 2 fully saturated rings. The lowest BCUT2D eigenvalue weighted by Gasteiger charge is -2.39. The van der Waals surface area contributed by atoms with Crippen LogP contribution in [0.15, 0.2) is 71.6 Å². The molecule has 3 aromatic carbocycles. The van der Waals surface area contributed by atoms with E-state index < -0.39 is 11.7 Å². The van der Waals surface area contributed by atoms with Gasteiger partial charge in [-0.1, -0.05) is 41.4 Å². The topological polar surface area (TPSA) is 29.5 Å². The van der Waals surface area contributed by atoms with Gasteiger partial charge in [-0.15, -0.1) is 11.8 Å². The first-order valence-electron chi connectivity index (χ1n) is 12.0. The number of halogens is 5. The minimum Gasteiger partial charge on any atom is -0.490 e. The van der Waals surface area contributed by atoms with E-state index in [0.29, 0.717) is 34.2 Å². The third kappa shape index (κ3) is 6.05. The van der Waals surface area contributed by atoms with Crippen molar-refractivity contribution in [1.82, 2.24) is 4.90 Å². The molecule has 2 bridgehead atoms. The standard InChI is InChI=1S/C28H24Cl2F3NO2S/c29-20-8-11-25(30)26(13-20)37-16-17-4-6-18(7-5-17)27(35)34-21-9-10-22(34)15-24(14-21)36-23-3-1-2-19(12-23)28(31,32)33/h1-8,11-13,21-22,24H,9-10,14-16H2. The molecule has 0 spiro atoms. The zero-order valence-corrected chi connectivity index (χ0v) is 22.0. The van der Waals surface area contributed by atoms with Crippen molar-refractivity contribution in [3.8, 4) is 5.75 Å². The van der Waals surface area contributed by atoms with Gasteiger partial charge in [0.05, 0.1) is 10.6 Å². The second-order valence-electron chi connectivity index (χ2n) is 9.39. The summed E-state index contributed by atoms with van der Waals surface area (Å²) in [6.45, 7) is 0. The Morgan fingerprint density at radius 2 is 1.68 bits per heavy atom. The van der Waals surface area contributed by atoms with Crippen LogP contribution in [-0.4, -0.2) is 29.0 Å². The second kappa shape index (κ2) is 10.8. The largest absolute Gasteiger partial charge is 0.490 e. The highest BCUT2D eigenvalue weighted by Crippen LogP contribution is 2.39. The van der Waals surface area contributed by atoms with E-state index in [1.165, 1.54) is 6.07 Å². The predicted octanol–water partition coefficient (Wildman–Crippen LogP) is 8.52. The number of ether oxygens (including phenoxy) is 1. The quantitative estimate of drug-likeness (QED) is 0.280. The third-order valence-corrected chi connectivity index (χ3v) is 8.68. The molecular weight excluding hydrogens is 542 g/mol. The molecular formula is C28H24Cl2F3NO2S. The van der Waals surface area contributed by atoms with Gasteiger partial charge in [0.15, 0.2) is 0 Å². The summed E-state index contributed by atoms with van der Waals surface area (Å²) in [5.41, 5.74) is 0.968. The number of carbonyl (C=O) groups excluding carboxylic acids is 1. The Kier molecular flexibility index (Phi) is 7.66. The fourth-order valence-corrected chi connectivity index (χ4v) is 6.58. The summed E-state index contributed by atoms with van der Waals surface area (Å²) >= 11 is 13.9. The van der Waals surface area contributed by atoms with Crippen molar-refractivity contribution in [3.63, 3.8) is 0 Å². The Hall–Kier alpha value is -2.35. The van der Waals surface area contributed by atoms with Crippen molar-refractivity contribution in [3.05, 3.63) is 93.5 Å². The molecule has 0 aliphatic carbocycles. The van der Waals surface area contributed by atoms with Gasteiger partial charge in [-0.05, 0) is 66.9 Å². The first-order chi connectivity index (χ1) is 17.7. The van der Waals surface area contributed by atoms with Gasteiger partial charge >= 0.3 is 6.18 Å². The lowest BCUT2D eigenvalue weighted by molar-refractivity contribution is -0.137. The minimum atomic E-state index is -4.41. The number of rotatable bonds is 6. The van der Waals surface area contributed by atoms with Crippen LogP contribution < -0.4 is 4.74 Å². The number of amides is 1. The van der Waals surface area contributed by atoms with Crippen LogP contribution in [0.2, 0.25) is 10.0 Å². The van der Waals surface area contributed by atoms with Gasteiger partial charge in [0.1, 0.15) is 11.9 Å². The summed E-state index contributed by atoms with van der Waals surface area (Å²) < 4.78 is 45.1. The van der Waals surface area contributed by atoms with E-state index in [9.17, 15) is 18.0 Å². The number of alkyl halides is 3. The van der Waals surface area contributed by atoms with Crippen LogP contribution in [0.3, 0.4) is 0 Å². The molecule has 2 saturated heterocycles. The first-order valence-corrected chi connectivity index (χ1v) is 13.7. The molecule has 0 aromatic heterocycles. The van der Waals surface area contributed by atoms with E-state index in [4.69, 9.17) is 27.9 Å². The molecule has 2 aliphatic rings.